The molecule has 0 atom stereocenters. The van der Waals surface area contributed by atoms with Crippen molar-refractivity contribution in [1.82, 2.24) is 0 Å². The SMILES string of the molecule is COc1ccccc1COc1ccc2c(c1)O/C(=C\c1ccc(OC)c(OC)c1OC)C2=O. The highest BCUT2D eigenvalue weighted by Crippen LogP contribution is 2.42. The summed E-state index contributed by atoms with van der Waals surface area (Å²) in [6, 6.07) is 16.3. The van der Waals surface area contributed by atoms with E-state index in [-0.39, 0.29) is 11.5 Å². The van der Waals surface area contributed by atoms with E-state index in [0.29, 0.717) is 46.5 Å². The van der Waals surface area contributed by atoms with Crippen LogP contribution in [0.25, 0.3) is 6.08 Å². The van der Waals surface area contributed by atoms with E-state index in [4.69, 9.17) is 28.4 Å². The van der Waals surface area contributed by atoms with Gasteiger partial charge in [0.25, 0.3) is 0 Å². The number of ether oxygens (including phenoxy) is 6. The number of carbonyl (C=O) groups excluding carboxylic acids is 1. The van der Waals surface area contributed by atoms with Crippen molar-refractivity contribution < 1.29 is 33.2 Å². The average molecular weight is 448 g/mol. The van der Waals surface area contributed by atoms with Crippen LogP contribution < -0.4 is 28.4 Å². The van der Waals surface area contributed by atoms with Crippen LogP contribution in [0.5, 0.6) is 34.5 Å². The Bertz CT molecular complexity index is 1210. The van der Waals surface area contributed by atoms with E-state index >= 15 is 0 Å². The number of fused-ring (bicyclic) bond motifs is 1. The van der Waals surface area contributed by atoms with Crippen LogP contribution in [-0.2, 0) is 6.61 Å². The number of allylic oxidation sites excluding steroid dienone is 1. The number of rotatable bonds is 8. The highest BCUT2D eigenvalue weighted by molar-refractivity contribution is 6.14. The van der Waals surface area contributed by atoms with Gasteiger partial charge in [-0.25, -0.2) is 0 Å². The van der Waals surface area contributed by atoms with E-state index in [1.165, 1.54) is 14.2 Å². The van der Waals surface area contributed by atoms with Gasteiger partial charge in [-0.3, -0.25) is 4.79 Å². The molecule has 1 aliphatic heterocycles. The van der Waals surface area contributed by atoms with Gasteiger partial charge < -0.3 is 28.4 Å². The normalized spacial score (nSPS) is 13.3. The third-order valence-corrected chi connectivity index (χ3v) is 5.25. The monoisotopic (exact) mass is 448 g/mol. The van der Waals surface area contributed by atoms with Crippen LogP contribution in [0.1, 0.15) is 21.5 Å². The molecule has 0 spiro atoms. The first-order chi connectivity index (χ1) is 16.1. The minimum Gasteiger partial charge on any atom is -0.496 e. The lowest BCUT2D eigenvalue weighted by Crippen LogP contribution is -2.00. The fraction of sp³-hybridized carbons (Fsp3) is 0.192. The lowest BCUT2D eigenvalue weighted by molar-refractivity contribution is 0.101. The Morgan fingerprint density at radius 2 is 1.58 bits per heavy atom. The molecule has 0 saturated heterocycles. The maximum atomic E-state index is 12.9. The van der Waals surface area contributed by atoms with Gasteiger partial charge >= 0.3 is 0 Å². The van der Waals surface area contributed by atoms with E-state index in [9.17, 15) is 4.79 Å². The molecular weight excluding hydrogens is 424 g/mol. The van der Waals surface area contributed by atoms with Crippen molar-refractivity contribution in [2.75, 3.05) is 28.4 Å². The number of ketones is 1. The van der Waals surface area contributed by atoms with Gasteiger partial charge in [0.1, 0.15) is 23.9 Å². The highest BCUT2D eigenvalue weighted by Gasteiger charge is 2.28. The molecule has 0 aromatic heterocycles. The van der Waals surface area contributed by atoms with Crippen LogP contribution in [0.3, 0.4) is 0 Å². The Hall–Kier alpha value is -4.13. The molecule has 0 aliphatic carbocycles. The Morgan fingerprint density at radius 1 is 0.818 bits per heavy atom. The summed E-state index contributed by atoms with van der Waals surface area (Å²) in [5, 5.41) is 0. The van der Waals surface area contributed by atoms with Crippen LogP contribution >= 0.6 is 0 Å². The van der Waals surface area contributed by atoms with Crippen molar-refractivity contribution in [2.24, 2.45) is 0 Å². The summed E-state index contributed by atoms with van der Waals surface area (Å²) in [7, 11) is 6.21. The number of methoxy groups -OCH3 is 4. The van der Waals surface area contributed by atoms with Crippen LogP contribution in [0.15, 0.2) is 60.4 Å². The van der Waals surface area contributed by atoms with Crippen molar-refractivity contribution in [3.63, 3.8) is 0 Å². The van der Waals surface area contributed by atoms with Crippen molar-refractivity contribution in [1.29, 1.82) is 0 Å². The molecule has 170 valence electrons. The Balaban J connectivity index is 1.57. The molecule has 33 heavy (non-hydrogen) atoms. The first-order valence-electron chi connectivity index (χ1n) is 10.2. The summed E-state index contributed by atoms with van der Waals surface area (Å²) in [5.74, 6) is 3.12. The quantitative estimate of drug-likeness (QED) is 0.453. The molecule has 3 aromatic rings. The molecule has 0 fully saturated rings. The molecule has 7 nitrogen and oxygen atoms in total. The fourth-order valence-corrected chi connectivity index (χ4v) is 3.62. The lowest BCUT2D eigenvalue weighted by Gasteiger charge is -2.14. The molecule has 7 heteroatoms. The van der Waals surface area contributed by atoms with Gasteiger partial charge in [0, 0.05) is 17.2 Å². The van der Waals surface area contributed by atoms with Gasteiger partial charge in [-0.1, -0.05) is 18.2 Å². The Labute approximate surface area is 192 Å². The zero-order valence-corrected chi connectivity index (χ0v) is 18.8. The molecule has 0 N–H and O–H groups in total. The molecule has 0 amide bonds. The molecule has 3 aromatic carbocycles. The summed E-state index contributed by atoms with van der Waals surface area (Å²) < 4.78 is 33.4. The van der Waals surface area contributed by atoms with Gasteiger partial charge in [0.05, 0.1) is 34.0 Å². The van der Waals surface area contributed by atoms with E-state index in [1.807, 2.05) is 24.3 Å². The van der Waals surface area contributed by atoms with Gasteiger partial charge in [0.15, 0.2) is 17.3 Å². The van der Waals surface area contributed by atoms with Crippen LogP contribution in [0.2, 0.25) is 0 Å². The third-order valence-electron chi connectivity index (χ3n) is 5.25. The Kier molecular flexibility index (Phi) is 6.40. The van der Waals surface area contributed by atoms with Crippen LogP contribution in [0, 0.1) is 0 Å². The van der Waals surface area contributed by atoms with Crippen LogP contribution in [0.4, 0.5) is 0 Å². The maximum Gasteiger partial charge on any atom is 0.231 e. The second-order valence-electron chi connectivity index (χ2n) is 7.12. The number of hydrogen-bond acceptors (Lipinski definition) is 7. The van der Waals surface area contributed by atoms with Gasteiger partial charge in [-0.2, -0.15) is 0 Å². The summed E-state index contributed by atoms with van der Waals surface area (Å²) in [6.07, 6.45) is 1.62. The van der Waals surface area contributed by atoms with E-state index in [0.717, 1.165) is 11.3 Å². The van der Waals surface area contributed by atoms with Crippen molar-refractivity contribution in [3.8, 4) is 34.5 Å². The second-order valence-corrected chi connectivity index (χ2v) is 7.12. The van der Waals surface area contributed by atoms with Crippen molar-refractivity contribution in [2.45, 2.75) is 6.61 Å². The standard InChI is InChI=1S/C26H24O7/c1-28-20-8-6-5-7-17(20)15-32-18-10-11-19-22(14-18)33-23(24(19)27)13-16-9-12-21(29-2)26(31-4)25(16)30-3/h5-14H,15H2,1-4H3/b23-13-. The number of Topliss-reactive ketones (excluding diaryl/α,β-unsaturated/α-hetero) is 1. The van der Waals surface area contributed by atoms with E-state index in [1.54, 1.807) is 50.6 Å². The van der Waals surface area contributed by atoms with E-state index in [2.05, 4.69) is 0 Å². The summed E-state index contributed by atoms with van der Waals surface area (Å²) in [5.41, 5.74) is 2.00. The third kappa shape index (κ3) is 4.30. The largest absolute Gasteiger partial charge is 0.496 e. The number of benzene rings is 3. The molecule has 0 radical (unpaired) electrons. The first kappa shape index (κ1) is 22.1. The predicted molar refractivity (Wildman–Crippen MR) is 123 cm³/mol. The zero-order valence-electron chi connectivity index (χ0n) is 18.8. The molecule has 1 aliphatic rings. The fourth-order valence-electron chi connectivity index (χ4n) is 3.62. The summed E-state index contributed by atoms with van der Waals surface area (Å²) in [4.78, 5) is 12.9. The smallest absolute Gasteiger partial charge is 0.231 e. The van der Waals surface area contributed by atoms with Gasteiger partial charge in [0.2, 0.25) is 11.5 Å². The second kappa shape index (κ2) is 9.56. The molecular formula is C26H24O7. The van der Waals surface area contributed by atoms with Gasteiger partial charge in [-0.15, -0.1) is 0 Å². The Morgan fingerprint density at radius 3 is 2.30 bits per heavy atom. The van der Waals surface area contributed by atoms with Crippen molar-refractivity contribution in [3.05, 3.63) is 77.0 Å². The number of hydrogen-bond donors (Lipinski definition) is 0. The number of para-hydroxylation sites is 1. The summed E-state index contributed by atoms with van der Waals surface area (Å²) >= 11 is 0. The first-order valence-corrected chi connectivity index (χ1v) is 10.2. The van der Waals surface area contributed by atoms with Crippen molar-refractivity contribution >= 4 is 11.9 Å². The molecule has 1 heterocycles. The molecule has 0 unspecified atom stereocenters. The molecule has 0 saturated carbocycles. The highest BCUT2D eigenvalue weighted by atomic mass is 16.5. The number of carbonyl (C=O) groups is 1. The predicted octanol–water partition coefficient (Wildman–Crippen LogP) is 4.92. The maximum absolute atomic E-state index is 12.9. The molecule has 4 rings (SSSR count). The summed E-state index contributed by atoms with van der Waals surface area (Å²) in [6.45, 7) is 0.322. The minimum absolute atomic E-state index is 0.178. The topological polar surface area (TPSA) is 72.5 Å². The zero-order chi connectivity index (χ0) is 23.4. The van der Waals surface area contributed by atoms with Crippen LogP contribution in [-0.4, -0.2) is 34.2 Å². The lowest BCUT2D eigenvalue weighted by atomic mass is 10.1. The average Bonchev–Trinajstić information content (AvgIpc) is 3.16. The minimum atomic E-state index is -0.224. The van der Waals surface area contributed by atoms with E-state index < -0.39 is 0 Å². The molecule has 0 bridgehead atoms. The van der Waals surface area contributed by atoms with Gasteiger partial charge in [-0.05, 0) is 36.4 Å².